The van der Waals surface area contributed by atoms with Gasteiger partial charge in [-0.2, -0.15) is 25.3 Å². The smallest absolute Gasteiger partial charge is 0.186 e. The van der Waals surface area contributed by atoms with E-state index >= 15 is 0 Å². The van der Waals surface area contributed by atoms with E-state index < -0.39 is 68.5 Å². The van der Waals surface area contributed by atoms with E-state index in [0.717, 1.165) is 0 Å². The highest BCUT2D eigenvalue weighted by molar-refractivity contribution is 7.80. The molecule has 27 heavy (non-hydrogen) atoms. The average Bonchev–Trinajstić information content (AvgIpc) is 2.66. The Kier molecular flexibility index (Phi) is 12.0. The van der Waals surface area contributed by atoms with Gasteiger partial charge in [0, 0.05) is 11.5 Å². The van der Waals surface area contributed by atoms with Crippen LogP contribution in [0.2, 0.25) is 0 Å². The number of rotatable bonds is 12. The van der Waals surface area contributed by atoms with Crippen molar-refractivity contribution in [2.75, 3.05) is 31.3 Å². The van der Waals surface area contributed by atoms with Crippen molar-refractivity contribution in [1.29, 1.82) is 0 Å². The van der Waals surface area contributed by atoms with Crippen molar-refractivity contribution in [3.05, 3.63) is 0 Å². The van der Waals surface area contributed by atoms with Gasteiger partial charge in [-0.1, -0.05) is 0 Å². The van der Waals surface area contributed by atoms with Gasteiger partial charge in [0.05, 0.1) is 32.0 Å². The zero-order valence-corrected chi connectivity index (χ0v) is 16.7. The fraction of sp³-hybridized carbons (Fsp3) is 1.00. The van der Waals surface area contributed by atoms with E-state index in [4.69, 9.17) is 18.9 Å². The lowest BCUT2D eigenvalue weighted by molar-refractivity contribution is -0.339. The van der Waals surface area contributed by atoms with E-state index in [0.29, 0.717) is 5.75 Å². The SMILES string of the molecule is C[C@H](O)C(CS)O[C@@H](O[C@@H]1C(CO)O[C@@H](OCCS)[C@@H](O)C1O)[C@@H](O)CO. The Hall–Kier alpha value is 0.300. The molecule has 162 valence electrons. The van der Waals surface area contributed by atoms with Crippen molar-refractivity contribution < 1.29 is 49.6 Å². The summed E-state index contributed by atoms with van der Waals surface area (Å²) in [5.74, 6) is 0.445. The second-order valence-electron chi connectivity index (χ2n) is 6.12. The van der Waals surface area contributed by atoms with Gasteiger partial charge in [0.2, 0.25) is 0 Å². The third-order valence-electron chi connectivity index (χ3n) is 4.01. The monoisotopic (exact) mass is 434 g/mol. The zero-order chi connectivity index (χ0) is 20.6. The standard InChI is InChI=1S/C15H30O10S2/c1-7(18)10(6-27)24-14(8(19)4-16)25-13-9(5-17)23-15(22-2-3-26)12(21)11(13)20/h7-21,26-27H,2-6H2,1H3/t7-,8-,9?,10?,11?,12-,13+,14-,15+/m0/s1. The highest BCUT2D eigenvalue weighted by Crippen LogP contribution is 2.26. The van der Waals surface area contributed by atoms with E-state index in [9.17, 15) is 30.6 Å². The number of aliphatic hydroxyl groups is 6. The molecule has 0 aromatic carbocycles. The Bertz CT molecular complexity index is 403. The first-order chi connectivity index (χ1) is 12.8. The summed E-state index contributed by atoms with van der Waals surface area (Å²) >= 11 is 8.02. The minimum atomic E-state index is -1.54. The number of hydrogen-bond acceptors (Lipinski definition) is 12. The van der Waals surface area contributed by atoms with Gasteiger partial charge in [-0.05, 0) is 6.92 Å². The maximum Gasteiger partial charge on any atom is 0.186 e. The molecule has 1 fully saturated rings. The maximum atomic E-state index is 10.4. The molecule has 1 aliphatic rings. The summed E-state index contributed by atoms with van der Waals surface area (Å²) in [4.78, 5) is 0. The van der Waals surface area contributed by atoms with Crippen molar-refractivity contribution in [2.24, 2.45) is 0 Å². The Morgan fingerprint density at radius 1 is 1.11 bits per heavy atom. The molecule has 1 aliphatic heterocycles. The minimum Gasteiger partial charge on any atom is -0.394 e. The van der Waals surface area contributed by atoms with E-state index in [1.165, 1.54) is 6.92 Å². The van der Waals surface area contributed by atoms with Crippen LogP contribution in [0.5, 0.6) is 0 Å². The van der Waals surface area contributed by atoms with Crippen LogP contribution < -0.4 is 0 Å². The Balaban J connectivity index is 2.91. The summed E-state index contributed by atoms with van der Waals surface area (Å²) in [5.41, 5.74) is 0. The van der Waals surface area contributed by atoms with Gasteiger partial charge in [0.25, 0.3) is 0 Å². The largest absolute Gasteiger partial charge is 0.394 e. The van der Waals surface area contributed by atoms with E-state index in [1.807, 2.05) is 0 Å². The minimum absolute atomic E-state index is 0.0884. The van der Waals surface area contributed by atoms with E-state index in [2.05, 4.69) is 25.3 Å². The van der Waals surface area contributed by atoms with Gasteiger partial charge < -0.3 is 49.6 Å². The molecule has 3 unspecified atom stereocenters. The molecule has 0 aromatic heterocycles. The molecule has 0 bridgehead atoms. The van der Waals surface area contributed by atoms with Crippen LogP contribution in [-0.4, -0.2) is 117 Å². The van der Waals surface area contributed by atoms with Crippen LogP contribution in [0.3, 0.4) is 0 Å². The van der Waals surface area contributed by atoms with Crippen LogP contribution in [0, 0.1) is 0 Å². The second kappa shape index (κ2) is 12.8. The third kappa shape index (κ3) is 7.24. The lowest BCUT2D eigenvalue weighted by atomic mass is 9.99. The van der Waals surface area contributed by atoms with Gasteiger partial charge in [-0.3, -0.25) is 0 Å². The number of ether oxygens (including phenoxy) is 4. The van der Waals surface area contributed by atoms with Crippen molar-refractivity contribution >= 4 is 25.3 Å². The quantitative estimate of drug-likeness (QED) is 0.119. The van der Waals surface area contributed by atoms with Gasteiger partial charge in [-0.15, -0.1) is 0 Å². The summed E-state index contributed by atoms with van der Waals surface area (Å²) in [5, 5.41) is 59.0. The summed E-state index contributed by atoms with van der Waals surface area (Å²) in [6.45, 7) is 0.288. The molecule has 6 N–H and O–H groups in total. The van der Waals surface area contributed by atoms with Crippen molar-refractivity contribution in [2.45, 2.75) is 62.2 Å². The summed E-state index contributed by atoms with van der Waals surface area (Å²) < 4.78 is 21.6. The molecular formula is C15H30O10S2. The molecule has 0 spiro atoms. The zero-order valence-electron chi connectivity index (χ0n) is 14.9. The Morgan fingerprint density at radius 3 is 2.26 bits per heavy atom. The molecule has 0 saturated carbocycles. The fourth-order valence-electron chi connectivity index (χ4n) is 2.46. The third-order valence-corrected chi connectivity index (χ3v) is 4.56. The highest BCUT2D eigenvalue weighted by atomic mass is 32.1. The fourth-order valence-corrected chi connectivity index (χ4v) is 2.96. The predicted octanol–water partition coefficient (Wildman–Crippen LogP) is -2.87. The van der Waals surface area contributed by atoms with Gasteiger partial charge in [0.1, 0.15) is 30.5 Å². The lowest BCUT2D eigenvalue weighted by Crippen LogP contribution is -2.61. The molecule has 0 radical (unpaired) electrons. The first-order valence-corrected chi connectivity index (χ1v) is 9.80. The molecule has 1 rings (SSSR count). The molecule has 0 amide bonds. The predicted molar refractivity (Wildman–Crippen MR) is 99.7 cm³/mol. The molecule has 1 heterocycles. The number of thiol groups is 2. The summed E-state index contributed by atoms with van der Waals surface area (Å²) in [6.07, 6.45) is -11.5. The molecular weight excluding hydrogens is 404 g/mol. The van der Waals surface area contributed by atoms with Crippen LogP contribution in [0.4, 0.5) is 0 Å². The summed E-state index contributed by atoms with van der Waals surface area (Å²) in [6, 6.07) is 0. The van der Waals surface area contributed by atoms with Crippen LogP contribution in [0.25, 0.3) is 0 Å². The second-order valence-corrected chi connectivity index (χ2v) is 6.93. The lowest BCUT2D eigenvalue weighted by Gasteiger charge is -2.43. The molecule has 0 aliphatic carbocycles. The van der Waals surface area contributed by atoms with Crippen LogP contribution >= 0.6 is 25.3 Å². The van der Waals surface area contributed by atoms with Gasteiger partial charge in [-0.25, -0.2) is 0 Å². The first-order valence-electron chi connectivity index (χ1n) is 8.54. The van der Waals surface area contributed by atoms with E-state index in [-0.39, 0.29) is 12.4 Å². The highest BCUT2D eigenvalue weighted by Gasteiger charge is 2.47. The number of aliphatic hydroxyl groups excluding tert-OH is 6. The first kappa shape index (κ1) is 25.3. The van der Waals surface area contributed by atoms with Crippen LogP contribution in [-0.2, 0) is 18.9 Å². The summed E-state index contributed by atoms with van der Waals surface area (Å²) in [7, 11) is 0. The molecule has 12 heteroatoms. The average molecular weight is 435 g/mol. The number of hydrogen-bond donors (Lipinski definition) is 8. The topological polar surface area (TPSA) is 158 Å². The van der Waals surface area contributed by atoms with Crippen LogP contribution in [0.15, 0.2) is 0 Å². The van der Waals surface area contributed by atoms with Gasteiger partial charge in [0.15, 0.2) is 12.6 Å². The van der Waals surface area contributed by atoms with E-state index in [1.54, 1.807) is 0 Å². The van der Waals surface area contributed by atoms with Crippen molar-refractivity contribution in [3.8, 4) is 0 Å². The van der Waals surface area contributed by atoms with Crippen LogP contribution in [0.1, 0.15) is 6.92 Å². The molecule has 9 atom stereocenters. The Labute approximate surface area is 168 Å². The normalized spacial score (nSPS) is 33.4. The van der Waals surface area contributed by atoms with Gasteiger partial charge >= 0.3 is 0 Å². The Morgan fingerprint density at radius 2 is 1.78 bits per heavy atom. The van der Waals surface area contributed by atoms with Crippen molar-refractivity contribution in [3.63, 3.8) is 0 Å². The molecule has 1 saturated heterocycles. The molecule has 0 aromatic rings. The van der Waals surface area contributed by atoms with Crippen molar-refractivity contribution in [1.82, 2.24) is 0 Å². The maximum absolute atomic E-state index is 10.4. The molecule has 10 nitrogen and oxygen atoms in total.